The zero-order valence-corrected chi connectivity index (χ0v) is 31.7. The first-order valence-electron chi connectivity index (χ1n) is 18.1. The molecule has 0 aliphatic heterocycles. The molecule has 10 heteroatoms. The van der Waals surface area contributed by atoms with Gasteiger partial charge in [0.05, 0.1) is 52.2 Å². The van der Waals surface area contributed by atoms with Crippen LogP contribution in [0.3, 0.4) is 0 Å². The SMILES string of the molecule is c1ccc2c(c1)ccc1c(-c3ccc(N(c4cccc5nsnc45)c4ccc(-c5cc6ccccc6c6ccccc56)c5nsnc45)c4nsnc34)cccc12. The van der Waals surface area contributed by atoms with Gasteiger partial charge in [0.2, 0.25) is 0 Å². The second-order valence-corrected chi connectivity index (χ2v) is 15.4. The van der Waals surface area contributed by atoms with Crippen LogP contribution in [-0.2, 0) is 0 Å². The van der Waals surface area contributed by atoms with Crippen LogP contribution in [0, 0.1) is 0 Å². The molecule has 3 aromatic heterocycles. The van der Waals surface area contributed by atoms with Crippen LogP contribution in [-0.4, -0.2) is 26.2 Å². The second kappa shape index (κ2) is 12.4. The summed E-state index contributed by atoms with van der Waals surface area (Å²) in [6.07, 6.45) is 0. The summed E-state index contributed by atoms with van der Waals surface area (Å²) in [6.45, 7) is 0. The Morgan fingerprint density at radius 3 is 1.57 bits per heavy atom. The Labute approximate surface area is 331 Å². The number of aromatic nitrogens is 6. The van der Waals surface area contributed by atoms with Gasteiger partial charge in [-0.25, -0.2) is 0 Å². The van der Waals surface area contributed by atoms with Gasteiger partial charge in [-0.1, -0.05) is 109 Å². The van der Waals surface area contributed by atoms with E-state index in [-0.39, 0.29) is 0 Å². The van der Waals surface area contributed by atoms with E-state index in [1.165, 1.54) is 78.3 Å². The van der Waals surface area contributed by atoms with Gasteiger partial charge in [-0.3, -0.25) is 0 Å². The van der Waals surface area contributed by atoms with Crippen LogP contribution in [0.15, 0.2) is 152 Å². The van der Waals surface area contributed by atoms with E-state index in [4.69, 9.17) is 21.9 Å². The van der Waals surface area contributed by atoms with E-state index in [9.17, 15) is 0 Å². The van der Waals surface area contributed by atoms with Crippen LogP contribution < -0.4 is 4.90 Å². The highest BCUT2D eigenvalue weighted by atomic mass is 32.1. The van der Waals surface area contributed by atoms with Crippen LogP contribution in [0.5, 0.6) is 0 Å². The first kappa shape index (κ1) is 31.6. The Bertz CT molecular complexity index is 3530. The van der Waals surface area contributed by atoms with E-state index in [0.29, 0.717) is 0 Å². The third kappa shape index (κ3) is 4.67. The maximum atomic E-state index is 5.00. The smallest absolute Gasteiger partial charge is 0.129 e. The summed E-state index contributed by atoms with van der Waals surface area (Å²) in [5.41, 5.74) is 11.9. The maximum Gasteiger partial charge on any atom is 0.129 e. The Balaban J connectivity index is 1.10. The quantitative estimate of drug-likeness (QED) is 0.161. The predicted octanol–water partition coefficient (Wildman–Crippen LogP) is 13.1. The maximum absolute atomic E-state index is 5.00. The highest BCUT2D eigenvalue weighted by Crippen LogP contribution is 2.48. The predicted molar refractivity (Wildman–Crippen MR) is 235 cm³/mol. The van der Waals surface area contributed by atoms with E-state index in [1.807, 2.05) is 12.1 Å². The van der Waals surface area contributed by atoms with Crippen LogP contribution in [0.25, 0.3) is 98.4 Å². The van der Waals surface area contributed by atoms with Gasteiger partial charge >= 0.3 is 0 Å². The lowest BCUT2D eigenvalue weighted by molar-refractivity contribution is 1.31. The summed E-state index contributed by atoms with van der Waals surface area (Å²) < 4.78 is 29.3. The van der Waals surface area contributed by atoms with Crippen molar-refractivity contribution < 1.29 is 0 Å². The standard InChI is InChI=1S/C46H25N7S3/c1-3-11-28-26(9-1)19-20-34-31(28)15-7-16-32(34)35-21-23-40(45-42(35)48-55-51-45)53(39-18-8-17-38-44(39)50-54-47-38)41-24-22-36(43-46(41)52-56-49-43)37-25-27-10-2-4-12-29(27)30-13-5-6-14-33(30)37/h1-25H. The molecule has 9 aromatic carbocycles. The monoisotopic (exact) mass is 771 g/mol. The van der Waals surface area contributed by atoms with Crippen molar-refractivity contribution in [2.24, 2.45) is 0 Å². The summed E-state index contributed by atoms with van der Waals surface area (Å²) in [6, 6.07) is 53.8. The lowest BCUT2D eigenvalue weighted by Crippen LogP contribution is -2.12. The normalized spacial score (nSPS) is 11.9. The average molecular weight is 772 g/mol. The van der Waals surface area contributed by atoms with E-state index >= 15 is 0 Å². The first-order chi connectivity index (χ1) is 27.8. The second-order valence-electron chi connectivity index (χ2n) is 13.8. The van der Waals surface area contributed by atoms with Gasteiger partial charge in [-0.05, 0) is 96.7 Å². The molecular weight excluding hydrogens is 747 g/mol. The zero-order valence-electron chi connectivity index (χ0n) is 29.3. The summed E-state index contributed by atoms with van der Waals surface area (Å²) in [7, 11) is 0. The molecule has 0 aliphatic rings. The van der Waals surface area contributed by atoms with Crippen molar-refractivity contribution in [2.75, 3.05) is 4.90 Å². The molecule has 0 aliphatic carbocycles. The molecule has 0 radical (unpaired) electrons. The first-order valence-corrected chi connectivity index (χ1v) is 20.3. The Kier molecular flexibility index (Phi) is 7.00. The van der Waals surface area contributed by atoms with Crippen molar-refractivity contribution in [3.63, 3.8) is 0 Å². The molecule has 12 aromatic rings. The van der Waals surface area contributed by atoms with Crippen molar-refractivity contribution in [3.05, 3.63) is 152 Å². The Hall–Kier alpha value is -6.72. The number of nitrogens with zero attached hydrogens (tertiary/aromatic N) is 7. The lowest BCUT2D eigenvalue weighted by Gasteiger charge is -2.26. The van der Waals surface area contributed by atoms with E-state index in [2.05, 4.69) is 149 Å². The molecule has 0 bridgehead atoms. The molecular formula is C46H25N7S3. The van der Waals surface area contributed by atoms with Gasteiger partial charge in [0, 0.05) is 11.1 Å². The van der Waals surface area contributed by atoms with E-state index in [0.717, 1.165) is 72.4 Å². The average Bonchev–Trinajstić information content (AvgIpc) is 4.06. The van der Waals surface area contributed by atoms with Crippen LogP contribution in [0.4, 0.5) is 17.1 Å². The van der Waals surface area contributed by atoms with Crippen molar-refractivity contribution in [1.29, 1.82) is 0 Å². The van der Waals surface area contributed by atoms with Crippen molar-refractivity contribution in [1.82, 2.24) is 26.2 Å². The van der Waals surface area contributed by atoms with Gasteiger partial charge in [0.15, 0.2) is 0 Å². The van der Waals surface area contributed by atoms with Crippen LogP contribution >= 0.6 is 35.2 Å². The molecule has 0 saturated carbocycles. The molecule has 0 amide bonds. The molecule has 0 N–H and O–H groups in total. The molecule has 7 nitrogen and oxygen atoms in total. The Morgan fingerprint density at radius 1 is 0.304 bits per heavy atom. The van der Waals surface area contributed by atoms with Gasteiger partial charge in [-0.15, -0.1) is 0 Å². The van der Waals surface area contributed by atoms with Crippen molar-refractivity contribution >= 4 is 128 Å². The van der Waals surface area contributed by atoms with Gasteiger partial charge in [0.1, 0.15) is 33.1 Å². The van der Waals surface area contributed by atoms with Gasteiger partial charge in [-0.2, -0.15) is 26.2 Å². The molecule has 0 atom stereocenters. The van der Waals surface area contributed by atoms with E-state index < -0.39 is 0 Å². The zero-order chi connectivity index (χ0) is 36.7. The number of hydrogen-bond acceptors (Lipinski definition) is 10. The minimum atomic E-state index is 0.797. The van der Waals surface area contributed by atoms with Crippen LogP contribution in [0.1, 0.15) is 0 Å². The van der Waals surface area contributed by atoms with E-state index in [1.54, 1.807) is 0 Å². The summed E-state index contributed by atoms with van der Waals surface area (Å²) in [5, 5.41) is 9.64. The molecule has 0 spiro atoms. The molecule has 0 saturated heterocycles. The molecule has 0 fully saturated rings. The molecule has 0 unspecified atom stereocenters. The number of anilines is 3. The topological polar surface area (TPSA) is 80.6 Å². The Morgan fingerprint density at radius 2 is 0.821 bits per heavy atom. The van der Waals surface area contributed by atoms with Crippen molar-refractivity contribution in [2.45, 2.75) is 0 Å². The third-order valence-electron chi connectivity index (χ3n) is 10.9. The summed E-state index contributed by atoms with van der Waals surface area (Å²) >= 11 is 3.66. The summed E-state index contributed by atoms with van der Waals surface area (Å²) in [5.74, 6) is 0. The fourth-order valence-electron chi connectivity index (χ4n) is 8.42. The largest absolute Gasteiger partial charge is 0.304 e. The minimum absolute atomic E-state index is 0.797. The van der Waals surface area contributed by atoms with Gasteiger partial charge < -0.3 is 4.90 Å². The third-order valence-corrected chi connectivity index (χ3v) is 12.5. The number of fused-ring (bicyclic) bond motifs is 9. The molecule has 262 valence electrons. The fourth-order valence-corrected chi connectivity index (χ4v) is 10.1. The highest BCUT2D eigenvalue weighted by Gasteiger charge is 2.27. The minimum Gasteiger partial charge on any atom is -0.304 e. The van der Waals surface area contributed by atoms with Crippen molar-refractivity contribution in [3.8, 4) is 22.3 Å². The number of hydrogen-bond donors (Lipinski definition) is 0. The fraction of sp³-hybridized carbons (Fsp3) is 0. The van der Waals surface area contributed by atoms with Gasteiger partial charge in [0.25, 0.3) is 0 Å². The number of rotatable bonds is 5. The number of benzene rings is 9. The van der Waals surface area contributed by atoms with Crippen LogP contribution in [0.2, 0.25) is 0 Å². The highest BCUT2D eigenvalue weighted by molar-refractivity contribution is 7.00. The lowest BCUT2D eigenvalue weighted by atomic mass is 9.92. The molecule has 3 heterocycles. The summed E-state index contributed by atoms with van der Waals surface area (Å²) in [4.78, 5) is 2.22. The molecule has 12 rings (SSSR count). The molecule has 56 heavy (non-hydrogen) atoms.